The molecule has 0 saturated carbocycles. The van der Waals surface area contributed by atoms with Gasteiger partial charge >= 0.3 is 6.18 Å². The number of imidazole rings is 1. The lowest BCUT2D eigenvalue weighted by atomic mass is 10.1. The summed E-state index contributed by atoms with van der Waals surface area (Å²) in [7, 11) is 3.91. The molecule has 0 unspecified atom stereocenters. The number of carbonyl (C=O) groups excluding carboxylic acids is 2. The van der Waals surface area contributed by atoms with Gasteiger partial charge in [0.1, 0.15) is 17.5 Å². The maximum Gasteiger partial charge on any atom is 0.417 e. The van der Waals surface area contributed by atoms with Crippen molar-refractivity contribution in [3.05, 3.63) is 118 Å². The lowest BCUT2D eigenvalue weighted by molar-refractivity contribution is -0.137. The minimum Gasteiger partial charge on any atom is -0.338 e. The van der Waals surface area contributed by atoms with Crippen molar-refractivity contribution in [2.75, 3.05) is 24.7 Å². The van der Waals surface area contributed by atoms with Crippen molar-refractivity contribution in [2.45, 2.75) is 19.3 Å². The third kappa shape index (κ3) is 5.24. The lowest BCUT2D eigenvalue weighted by Crippen LogP contribution is -2.21. The number of halogens is 4. The summed E-state index contributed by atoms with van der Waals surface area (Å²) >= 11 is 6.26. The molecule has 1 aliphatic rings. The van der Waals surface area contributed by atoms with E-state index >= 15 is 0 Å². The molecule has 1 atom stereocenters. The predicted octanol–water partition coefficient (Wildman–Crippen LogP) is 7.36. The molecule has 5 aromatic rings. The normalized spacial score (nSPS) is 14.5. The number of nitrogens with zero attached hydrogens (tertiary/aromatic N) is 3. The van der Waals surface area contributed by atoms with Gasteiger partial charge in [-0.3, -0.25) is 14.5 Å². The van der Waals surface area contributed by atoms with Crippen molar-refractivity contribution in [3.8, 4) is 0 Å². The molecule has 44 heavy (non-hydrogen) atoms. The summed E-state index contributed by atoms with van der Waals surface area (Å²) < 4.78 is 43.0. The standard InChI is InChI=1S/C32H26ClF3N6O2/c1-17-23(33)10-6-11-24(17)39-31(44)21-14-18(37-30(43)19-8-4-5-9-22(19)32(34,35)36)15-25-28(21)40-29(38-25)20-16-27(41(2)3)42-13-7-12-26(20)42/h4-16,27H,1-3H3,(H,37,43)(H,38,40)(H,39,44)/t27-/m0/s1. The van der Waals surface area contributed by atoms with Crippen molar-refractivity contribution in [1.82, 2.24) is 19.4 Å². The van der Waals surface area contributed by atoms with E-state index < -0.39 is 29.1 Å². The van der Waals surface area contributed by atoms with Crippen molar-refractivity contribution in [2.24, 2.45) is 0 Å². The second-order valence-electron chi connectivity index (χ2n) is 10.6. The first-order valence-corrected chi connectivity index (χ1v) is 13.9. The fraction of sp³-hybridized carbons (Fsp3) is 0.156. The molecular formula is C32H26ClF3N6O2. The van der Waals surface area contributed by atoms with Gasteiger partial charge in [0.15, 0.2) is 0 Å². The van der Waals surface area contributed by atoms with Crippen LogP contribution >= 0.6 is 11.6 Å². The Bertz CT molecular complexity index is 1970. The number of amides is 2. The highest BCUT2D eigenvalue weighted by Crippen LogP contribution is 2.37. The van der Waals surface area contributed by atoms with Gasteiger partial charge in [0.25, 0.3) is 11.8 Å². The van der Waals surface area contributed by atoms with Crippen LogP contribution in [0.25, 0.3) is 16.6 Å². The molecule has 3 heterocycles. The van der Waals surface area contributed by atoms with Gasteiger partial charge in [-0.1, -0.05) is 29.8 Å². The fourth-order valence-electron chi connectivity index (χ4n) is 5.32. The molecule has 6 rings (SSSR count). The molecule has 0 spiro atoms. The van der Waals surface area contributed by atoms with Crippen molar-refractivity contribution >= 4 is 51.4 Å². The molecule has 0 fully saturated rings. The Hall–Kier alpha value is -4.87. The zero-order chi connectivity index (χ0) is 31.3. The van der Waals surface area contributed by atoms with E-state index in [1.54, 1.807) is 31.2 Å². The average molecular weight is 619 g/mol. The molecule has 8 nitrogen and oxygen atoms in total. The minimum absolute atomic E-state index is 0.0552. The topological polar surface area (TPSA) is 95.0 Å². The Kier molecular flexibility index (Phi) is 7.30. The summed E-state index contributed by atoms with van der Waals surface area (Å²) in [5.41, 5.74) is 2.18. The number of benzene rings is 3. The lowest BCUT2D eigenvalue weighted by Gasteiger charge is -2.19. The third-order valence-electron chi connectivity index (χ3n) is 7.52. The second kappa shape index (κ2) is 11.0. The van der Waals surface area contributed by atoms with Crippen LogP contribution in [0.2, 0.25) is 5.02 Å². The van der Waals surface area contributed by atoms with Crippen LogP contribution in [0.5, 0.6) is 0 Å². The van der Waals surface area contributed by atoms with Gasteiger partial charge in [0.05, 0.1) is 27.9 Å². The zero-order valence-corrected chi connectivity index (χ0v) is 24.5. The number of alkyl halides is 3. The molecule has 224 valence electrons. The quantitative estimate of drug-likeness (QED) is 0.185. The average Bonchev–Trinajstić information content (AvgIpc) is 3.70. The number of hydrogen-bond acceptors (Lipinski definition) is 4. The van der Waals surface area contributed by atoms with Crippen LogP contribution in [0.3, 0.4) is 0 Å². The van der Waals surface area contributed by atoms with Crippen molar-refractivity contribution in [3.63, 3.8) is 0 Å². The van der Waals surface area contributed by atoms with E-state index in [0.717, 1.165) is 23.4 Å². The second-order valence-corrected chi connectivity index (χ2v) is 11.0. The van der Waals surface area contributed by atoms with Gasteiger partial charge in [-0.15, -0.1) is 0 Å². The zero-order valence-electron chi connectivity index (χ0n) is 23.8. The molecule has 0 bridgehead atoms. The van der Waals surface area contributed by atoms with E-state index in [1.165, 1.54) is 18.2 Å². The number of aromatic nitrogens is 3. The van der Waals surface area contributed by atoms with E-state index in [-0.39, 0.29) is 17.4 Å². The summed E-state index contributed by atoms with van der Waals surface area (Å²) in [5.74, 6) is -1.03. The molecule has 0 aliphatic carbocycles. The molecule has 2 amide bonds. The Morgan fingerprint density at radius 3 is 2.48 bits per heavy atom. The summed E-state index contributed by atoms with van der Waals surface area (Å²) in [4.78, 5) is 36.9. The first-order valence-electron chi connectivity index (χ1n) is 13.6. The predicted molar refractivity (Wildman–Crippen MR) is 164 cm³/mol. The number of nitrogens with one attached hydrogen (secondary N) is 3. The van der Waals surface area contributed by atoms with Crippen LogP contribution in [-0.4, -0.2) is 45.3 Å². The number of anilines is 2. The first-order chi connectivity index (χ1) is 20.9. The number of H-pyrrole nitrogens is 1. The number of fused-ring (bicyclic) bond motifs is 2. The molecule has 0 saturated heterocycles. The summed E-state index contributed by atoms with van der Waals surface area (Å²) in [5, 5.41) is 5.85. The minimum atomic E-state index is -4.73. The summed E-state index contributed by atoms with van der Waals surface area (Å²) in [6.45, 7) is 1.76. The smallest absolute Gasteiger partial charge is 0.338 e. The van der Waals surface area contributed by atoms with Gasteiger partial charge in [0.2, 0.25) is 0 Å². The molecule has 0 radical (unpaired) electrons. The number of rotatable bonds is 6. The van der Waals surface area contributed by atoms with Crippen LogP contribution < -0.4 is 10.6 Å². The Morgan fingerprint density at radius 2 is 1.73 bits per heavy atom. The highest BCUT2D eigenvalue weighted by Gasteiger charge is 2.35. The van der Waals surface area contributed by atoms with Crippen LogP contribution in [0.4, 0.5) is 24.5 Å². The third-order valence-corrected chi connectivity index (χ3v) is 7.93. The van der Waals surface area contributed by atoms with Crippen LogP contribution in [-0.2, 0) is 6.18 Å². The largest absolute Gasteiger partial charge is 0.417 e. The Morgan fingerprint density at radius 1 is 0.977 bits per heavy atom. The van der Waals surface area contributed by atoms with E-state index in [0.29, 0.717) is 33.1 Å². The maximum atomic E-state index is 13.7. The molecular weight excluding hydrogens is 593 g/mol. The summed E-state index contributed by atoms with van der Waals surface area (Å²) in [6, 6.07) is 16.4. The highest BCUT2D eigenvalue weighted by atomic mass is 35.5. The monoisotopic (exact) mass is 618 g/mol. The fourth-order valence-corrected chi connectivity index (χ4v) is 5.49. The Labute approximate surface area is 255 Å². The van der Waals surface area contributed by atoms with Crippen LogP contribution in [0, 0.1) is 6.92 Å². The number of carbonyl (C=O) groups is 2. The SMILES string of the molecule is Cc1c(Cl)cccc1NC(=O)c1cc(NC(=O)c2ccccc2C(F)(F)F)cc2[nH]c(C3=C[C@@H](N(C)C)n4cccc43)nc12. The van der Waals surface area contributed by atoms with E-state index in [1.807, 2.05) is 43.4 Å². The highest BCUT2D eigenvalue weighted by molar-refractivity contribution is 6.32. The van der Waals surface area contributed by atoms with Gasteiger partial charge in [-0.25, -0.2) is 4.98 Å². The van der Waals surface area contributed by atoms with Crippen molar-refractivity contribution in [1.29, 1.82) is 0 Å². The molecule has 1 aliphatic heterocycles. The number of likely N-dealkylation sites (N-methyl/N-ethyl adjacent to an activating group) is 1. The van der Waals surface area contributed by atoms with Crippen LogP contribution in [0.15, 0.2) is 79.0 Å². The Balaban J connectivity index is 1.45. The maximum absolute atomic E-state index is 13.7. The van der Waals surface area contributed by atoms with E-state index in [4.69, 9.17) is 16.6 Å². The molecule has 3 aromatic carbocycles. The van der Waals surface area contributed by atoms with E-state index in [2.05, 4.69) is 20.2 Å². The van der Waals surface area contributed by atoms with Gasteiger partial charge in [-0.2, -0.15) is 13.2 Å². The molecule has 3 N–H and O–H groups in total. The molecule has 12 heteroatoms. The van der Waals surface area contributed by atoms with Gasteiger partial charge < -0.3 is 20.2 Å². The van der Waals surface area contributed by atoms with Gasteiger partial charge in [0, 0.05) is 28.2 Å². The first kappa shape index (κ1) is 29.2. The van der Waals surface area contributed by atoms with Crippen molar-refractivity contribution < 1.29 is 22.8 Å². The molecule has 2 aromatic heterocycles. The van der Waals surface area contributed by atoms with Crippen LogP contribution in [0.1, 0.15) is 49.5 Å². The number of aromatic amines is 1. The summed E-state index contributed by atoms with van der Waals surface area (Å²) in [6.07, 6.45) is -0.781. The number of hydrogen-bond donors (Lipinski definition) is 3. The van der Waals surface area contributed by atoms with Gasteiger partial charge in [-0.05, 0) is 81.2 Å². The van der Waals surface area contributed by atoms with E-state index in [9.17, 15) is 22.8 Å².